The second-order valence-electron chi connectivity index (χ2n) is 3.62. The molecular weight excluding hydrogens is 223 g/mol. The van der Waals surface area contributed by atoms with Crippen molar-refractivity contribution in [1.29, 1.82) is 0 Å². The summed E-state index contributed by atoms with van der Waals surface area (Å²) >= 11 is 0. The van der Waals surface area contributed by atoms with Crippen LogP contribution >= 0.6 is 0 Å². The molecule has 17 heavy (non-hydrogen) atoms. The van der Waals surface area contributed by atoms with Gasteiger partial charge in [-0.25, -0.2) is 9.18 Å². The summed E-state index contributed by atoms with van der Waals surface area (Å²) in [6.07, 6.45) is 1.55. The van der Waals surface area contributed by atoms with Crippen LogP contribution < -0.4 is 4.74 Å². The highest BCUT2D eigenvalue weighted by Crippen LogP contribution is 2.18. The Morgan fingerprint density at radius 1 is 1.47 bits per heavy atom. The van der Waals surface area contributed by atoms with Crippen molar-refractivity contribution in [3.8, 4) is 5.75 Å². The first-order chi connectivity index (χ1) is 8.04. The van der Waals surface area contributed by atoms with E-state index in [-0.39, 0.29) is 12.4 Å². The lowest BCUT2D eigenvalue weighted by atomic mass is 10.2. The van der Waals surface area contributed by atoms with Gasteiger partial charge in [0.15, 0.2) is 11.6 Å². The summed E-state index contributed by atoms with van der Waals surface area (Å²) in [5.74, 6) is -0.656. The van der Waals surface area contributed by atoms with Crippen LogP contribution in [0.1, 0.15) is 12.5 Å². The lowest BCUT2D eigenvalue weighted by Gasteiger charge is -2.06. The van der Waals surface area contributed by atoms with Gasteiger partial charge in [-0.1, -0.05) is 6.07 Å². The molecule has 0 saturated heterocycles. The van der Waals surface area contributed by atoms with Crippen molar-refractivity contribution in [2.75, 3.05) is 13.7 Å². The summed E-state index contributed by atoms with van der Waals surface area (Å²) in [4.78, 5) is 11.1. The minimum absolute atomic E-state index is 0.126. The third-order valence-corrected chi connectivity index (χ3v) is 2.22. The molecule has 0 bridgehead atoms. The summed E-state index contributed by atoms with van der Waals surface area (Å²) in [6, 6.07) is 4.62. The number of halogens is 1. The van der Waals surface area contributed by atoms with Gasteiger partial charge in [0.05, 0.1) is 7.11 Å². The Labute approximate surface area is 99.9 Å². The van der Waals surface area contributed by atoms with Crippen molar-refractivity contribution in [2.45, 2.75) is 13.8 Å². The number of hydrogen-bond acceptors (Lipinski definition) is 3. The van der Waals surface area contributed by atoms with Crippen LogP contribution in [0.2, 0.25) is 0 Å². The van der Waals surface area contributed by atoms with E-state index in [2.05, 4.69) is 4.74 Å². The topological polar surface area (TPSA) is 35.5 Å². The first-order valence-electron chi connectivity index (χ1n) is 5.18. The van der Waals surface area contributed by atoms with E-state index in [1.807, 2.05) is 6.92 Å². The molecule has 0 spiro atoms. The van der Waals surface area contributed by atoms with Crippen LogP contribution in [0.15, 0.2) is 29.8 Å². The molecule has 4 heteroatoms. The van der Waals surface area contributed by atoms with Crippen molar-refractivity contribution >= 4 is 5.97 Å². The average Bonchev–Trinajstić information content (AvgIpc) is 2.32. The zero-order chi connectivity index (χ0) is 12.8. The number of carbonyl (C=O) groups excluding carboxylic acids is 1. The van der Waals surface area contributed by atoms with E-state index in [1.54, 1.807) is 25.1 Å². The van der Waals surface area contributed by atoms with E-state index >= 15 is 0 Å². The maximum absolute atomic E-state index is 13.3. The summed E-state index contributed by atoms with van der Waals surface area (Å²) in [5.41, 5.74) is 1.34. The minimum Gasteiger partial charge on any atom is -0.486 e. The first kappa shape index (κ1) is 13.2. The van der Waals surface area contributed by atoms with Crippen molar-refractivity contribution in [3.05, 3.63) is 41.2 Å². The lowest BCUT2D eigenvalue weighted by Crippen LogP contribution is -2.04. The monoisotopic (exact) mass is 238 g/mol. The van der Waals surface area contributed by atoms with Crippen LogP contribution in [0, 0.1) is 12.7 Å². The van der Waals surface area contributed by atoms with E-state index in [0.29, 0.717) is 5.57 Å². The zero-order valence-corrected chi connectivity index (χ0v) is 10.1. The number of esters is 1. The number of methoxy groups -OCH3 is 1. The second kappa shape index (κ2) is 6.03. The van der Waals surface area contributed by atoms with Crippen LogP contribution in [0.25, 0.3) is 0 Å². The molecule has 0 unspecified atom stereocenters. The Kier molecular flexibility index (Phi) is 4.69. The number of hydrogen-bond donors (Lipinski definition) is 0. The molecule has 0 atom stereocenters. The fourth-order valence-corrected chi connectivity index (χ4v) is 1.22. The molecule has 0 aliphatic carbocycles. The Hall–Kier alpha value is -1.84. The van der Waals surface area contributed by atoms with E-state index in [1.165, 1.54) is 13.2 Å². The van der Waals surface area contributed by atoms with Gasteiger partial charge < -0.3 is 9.47 Å². The third kappa shape index (κ3) is 3.90. The summed E-state index contributed by atoms with van der Waals surface area (Å²) in [5, 5.41) is 0. The summed E-state index contributed by atoms with van der Waals surface area (Å²) in [6.45, 7) is 3.59. The number of ether oxygens (including phenoxy) is 2. The molecule has 0 aliphatic heterocycles. The normalized spacial score (nSPS) is 11.2. The van der Waals surface area contributed by atoms with Gasteiger partial charge in [-0.15, -0.1) is 0 Å². The Morgan fingerprint density at radius 3 is 2.82 bits per heavy atom. The SMILES string of the molecule is COC(=O)C(C)=CCOc1cc(C)ccc1F. The largest absolute Gasteiger partial charge is 0.486 e. The molecule has 0 N–H and O–H groups in total. The molecular formula is C13H15FO3. The Morgan fingerprint density at radius 2 is 2.18 bits per heavy atom. The molecule has 0 aliphatic rings. The Balaban J connectivity index is 2.62. The highest BCUT2D eigenvalue weighted by molar-refractivity contribution is 5.87. The van der Waals surface area contributed by atoms with Crippen molar-refractivity contribution in [1.82, 2.24) is 0 Å². The second-order valence-corrected chi connectivity index (χ2v) is 3.62. The molecule has 92 valence electrons. The molecule has 1 aromatic carbocycles. The highest BCUT2D eigenvalue weighted by atomic mass is 19.1. The van der Waals surface area contributed by atoms with Gasteiger partial charge >= 0.3 is 5.97 Å². The van der Waals surface area contributed by atoms with Crippen molar-refractivity contribution in [3.63, 3.8) is 0 Å². The standard InChI is InChI=1S/C13H15FO3/c1-9-4-5-11(14)12(8-9)17-7-6-10(2)13(15)16-3/h4-6,8H,7H2,1-3H3. The molecule has 0 aromatic heterocycles. The minimum atomic E-state index is -0.418. The fraction of sp³-hybridized carbons (Fsp3) is 0.308. The van der Waals surface area contributed by atoms with Crippen molar-refractivity contribution < 1.29 is 18.7 Å². The molecule has 0 saturated carbocycles. The van der Waals surface area contributed by atoms with E-state index < -0.39 is 11.8 Å². The van der Waals surface area contributed by atoms with Crippen LogP contribution in [0.3, 0.4) is 0 Å². The van der Waals surface area contributed by atoms with Crippen molar-refractivity contribution in [2.24, 2.45) is 0 Å². The predicted molar refractivity (Wildman–Crippen MR) is 62.4 cm³/mol. The van der Waals surface area contributed by atoms with E-state index in [4.69, 9.17) is 4.74 Å². The van der Waals surface area contributed by atoms with Gasteiger partial charge in [0, 0.05) is 5.57 Å². The summed E-state index contributed by atoms with van der Waals surface area (Å²) in [7, 11) is 1.31. The first-order valence-corrected chi connectivity index (χ1v) is 5.18. The molecule has 3 nitrogen and oxygen atoms in total. The van der Waals surface area contributed by atoms with Gasteiger partial charge in [0.2, 0.25) is 0 Å². The van der Waals surface area contributed by atoms with Gasteiger partial charge in [-0.2, -0.15) is 0 Å². The zero-order valence-electron chi connectivity index (χ0n) is 10.1. The van der Waals surface area contributed by atoms with Gasteiger partial charge in [0.1, 0.15) is 6.61 Å². The van der Waals surface area contributed by atoms with Crippen LogP contribution in [-0.2, 0) is 9.53 Å². The van der Waals surface area contributed by atoms with E-state index in [0.717, 1.165) is 5.56 Å². The number of carbonyl (C=O) groups is 1. The van der Waals surface area contributed by atoms with Crippen LogP contribution in [-0.4, -0.2) is 19.7 Å². The third-order valence-electron chi connectivity index (χ3n) is 2.22. The molecule has 0 radical (unpaired) electrons. The Bertz CT molecular complexity index is 438. The summed E-state index contributed by atoms with van der Waals surface area (Å²) < 4.78 is 23.0. The molecule has 1 aromatic rings. The quantitative estimate of drug-likeness (QED) is 0.597. The fourth-order valence-electron chi connectivity index (χ4n) is 1.22. The molecule has 0 amide bonds. The highest BCUT2D eigenvalue weighted by Gasteiger charge is 2.04. The molecule has 0 heterocycles. The molecule has 1 rings (SSSR count). The van der Waals surface area contributed by atoms with E-state index in [9.17, 15) is 9.18 Å². The number of rotatable bonds is 4. The smallest absolute Gasteiger partial charge is 0.333 e. The maximum atomic E-state index is 13.3. The van der Waals surface area contributed by atoms with Gasteiger partial charge in [-0.3, -0.25) is 0 Å². The predicted octanol–water partition coefficient (Wildman–Crippen LogP) is 2.63. The van der Waals surface area contributed by atoms with Gasteiger partial charge in [0.25, 0.3) is 0 Å². The average molecular weight is 238 g/mol. The number of benzene rings is 1. The maximum Gasteiger partial charge on any atom is 0.333 e. The van der Waals surface area contributed by atoms with Gasteiger partial charge in [-0.05, 0) is 37.6 Å². The number of aryl methyl sites for hydroxylation is 1. The molecule has 0 fully saturated rings. The van der Waals surface area contributed by atoms with Crippen LogP contribution in [0.5, 0.6) is 5.75 Å². The van der Waals surface area contributed by atoms with Crippen LogP contribution in [0.4, 0.5) is 4.39 Å². The lowest BCUT2D eigenvalue weighted by molar-refractivity contribution is -0.136.